The number of hydrogen-bond donors (Lipinski definition) is 2. The molecule has 0 saturated heterocycles. The monoisotopic (exact) mass is 202 g/mol. The molecule has 0 aliphatic heterocycles. The minimum Gasteiger partial charge on any atom is -0.382 e. The van der Waals surface area contributed by atoms with Crippen LogP contribution in [-0.2, 0) is 4.74 Å². The first-order valence-electron chi connectivity index (χ1n) is 4.79. The molecule has 0 saturated carbocycles. The van der Waals surface area contributed by atoms with Crippen molar-refractivity contribution in [2.75, 3.05) is 20.8 Å². The number of hydrazine groups is 1. The third kappa shape index (κ3) is 4.43. The predicted octanol–water partition coefficient (Wildman–Crippen LogP) is 0.181. The van der Waals surface area contributed by atoms with Crippen molar-refractivity contribution in [3.05, 3.63) is 0 Å². The number of methoxy groups -OCH3 is 1. The summed E-state index contributed by atoms with van der Waals surface area (Å²) in [6.07, 6.45) is 0. The van der Waals surface area contributed by atoms with E-state index in [-0.39, 0.29) is 6.04 Å². The molecule has 5 nitrogen and oxygen atoms in total. The Balaban J connectivity index is 4.37. The van der Waals surface area contributed by atoms with E-state index in [2.05, 4.69) is 24.3 Å². The highest BCUT2D eigenvalue weighted by Gasteiger charge is 2.09. The Labute approximate surface area is 86.3 Å². The minimum atomic E-state index is 0.104. The summed E-state index contributed by atoms with van der Waals surface area (Å²) in [5.74, 6) is 6.08. The Hall–Kier alpha value is -0.810. The minimum absolute atomic E-state index is 0.104. The fourth-order valence-corrected chi connectivity index (χ4v) is 0.962. The van der Waals surface area contributed by atoms with E-state index in [1.165, 1.54) is 0 Å². The first kappa shape index (κ1) is 13.2. The van der Waals surface area contributed by atoms with Gasteiger partial charge in [-0.3, -0.25) is 5.43 Å². The smallest absolute Gasteiger partial charge is 0.208 e. The van der Waals surface area contributed by atoms with Crippen LogP contribution in [0.25, 0.3) is 0 Å². The van der Waals surface area contributed by atoms with Crippen LogP contribution in [-0.4, -0.2) is 43.7 Å². The highest BCUT2D eigenvalue weighted by molar-refractivity contribution is 5.79. The predicted molar refractivity (Wildman–Crippen MR) is 59.0 cm³/mol. The van der Waals surface area contributed by atoms with Crippen molar-refractivity contribution < 1.29 is 4.74 Å². The van der Waals surface area contributed by atoms with Gasteiger partial charge in [-0.1, -0.05) is 0 Å². The number of nitrogens with zero attached hydrogens (tertiary/aromatic N) is 2. The van der Waals surface area contributed by atoms with Crippen molar-refractivity contribution in [2.45, 2.75) is 32.9 Å². The lowest BCUT2D eigenvalue weighted by molar-refractivity contribution is 0.185. The number of guanidine groups is 1. The fraction of sp³-hybridized carbons (Fsp3) is 0.889. The summed E-state index contributed by atoms with van der Waals surface area (Å²) in [6.45, 7) is 6.73. The molecule has 0 radical (unpaired) electrons. The summed E-state index contributed by atoms with van der Waals surface area (Å²) in [4.78, 5) is 6.37. The third-order valence-corrected chi connectivity index (χ3v) is 1.99. The third-order valence-electron chi connectivity index (χ3n) is 1.99. The van der Waals surface area contributed by atoms with E-state index in [0.717, 1.165) is 0 Å². The van der Waals surface area contributed by atoms with Crippen molar-refractivity contribution in [1.82, 2.24) is 10.3 Å². The van der Waals surface area contributed by atoms with E-state index in [1.54, 1.807) is 7.11 Å². The molecule has 0 spiro atoms. The normalized spacial score (nSPS) is 14.4. The van der Waals surface area contributed by atoms with Gasteiger partial charge in [0.05, 0.1) is 12.6 Å². The Morgan fingerprint density at radius 2 is 2.07 bits per heavy atom. The maximum Gasteiger partial charge on any atom is 0.208 e. The SMILES string of the molecule is COCC(C)N=C(NN)N(C)C(C)C. The average Bonchev–Trinajstić information content (AvgIpc) is 2.13. The Bertz CT molecular complexity index is 182. The van der Waals surface area contributed by atoms with E-state index in [0.29, 0.717) is 18.6 Å². The number of aliphatic imine (C=N–C) groups is 1. The highest BCUT2D eigenvalue weighted by atomic mass is 16.5. The number of nitrogens with one attached hydrogen (secondary N) is 1. The molecular weight excluding hydrogens is 180 g/mol. The van der Waals surface area contributed by atoms with Gasteiger partial charge in [-0.25, -0.2) is 10.8 Å². The van der Waals surface area contributed by atoms with Crippen molar-refractivity contribution in [3.8, 4) is 0 Å². The summed E-state index contributed by atoms with van der Waals surface area (Å²) < 4.78 is 5.00. The zero-order valence-corrected chi connectivity index (χ0v) is 9.74. The van der Waals surface area contributed by atoms with Gasteiger partial charge in [-0.05, 0) is 20.8 Å². The van der Waals surface area contributed by atoms with Gasteiger partial charge in [-0.15, -0.1) is 0 Å². The molecule has 0 aromatic carbocycles. The van der Waals surface area contributed by atoms with E-state index in [1.807, 2.05) is 18.9 Å². The van der Waals surface area contributed by atoms with Crippen LogP contribution in [0.3, 0.4) is 0 Å². The molecular formula is C9H22N4O. The van der Waals surface area contributed by atoms with Gasteiger partial charge in [-0.2, -0.15) is 0 Å². The molecule has 0 heterocycles. The van der Waals surface area contributed by atoms with Crippen molar-refractivity contribution >= 4 is 5.96 Å². The average molecular weight is 202 g/mol. The topological polar surface area (TPSA) is 62.9 Å². The molecule has 0 bridgehead atoms. The Morgan fingerprint density at radius 1 is 1.50 bits per heavy atom. The van der Waals surface area contributed by atoms with Crippen LogP contribution < -0.4 is 11.3 Å². The van der Waals surface area contributed by atoms with Crippen LogP contribution in [0.4, 0.5) is 0 Å². The van der Waals surface area contributed by atoms with Crippen LogP contribution in [0.15, 0.2) is 4.99 Å². The lowest BCUT2D eigenvalue weighted by Crippen LogP contribution is -2.46. The summed E-state index contributed by atoms with van der Waals surface area (Å²) >= 11 is 0. The summed E-state index contributed by atoms with van der Waals surface area (Å²) in [6, 6.07) is 0.465. The molecule has 5 heteroatoms. The van der Waals surface area contributed by atoms with Gasteiger partial charge in [0.25, 0.3) is 0 Å². The summed E-state index contributed by atoms with van der Waals surface area (Å²) in [5.41, 5.74) is 2.59. The molecule has 0 aromatic rings. The van der Waals surface area contributed by atoms with Gasteiger partial charge in [0, 0.05) is 20.2 Å². The first-order valence-corrected chi connectivity index (χ1v) is 4.79. The van der Waals surface area contributed by atoms with Crippen LogP contribution in [0.1, 0.15) is 20.8 Å². The molecule has 0 fully saturated rings. The zero-order valence-electron chi connectivity index (χ0n) is 9.74. The second kappa shape index (κ2) is 6.62. The maximum atomic E-state index is 5.39. The van der Waals surface area contributed by atoms with Crippen LogP contribution >= 0.6 is 0 Å². The largest absolute Gasteiger partial charge is 0.382 e. The standard InChI is InChI=1S/C9H22N4O/c1-7(2)13(4)9(12-10)11-8(3)6-14-5/h7-8H,6,10H2,1-5H3,(H,11,12). The molecule has 1 atom stereocenters. The van der Waals surface area contributed by atoms with E-state index in [9.17, 15) is 0 Å². The molecule has 84 valence electrons. The van der Waals surface area contributed by atoms with E-state index < -0.39 is 0 Å². The number of hydrogen-bond acceptors (Lipinski definition) is 3. The van der Waals surface area contributed by atoms with Crippen LogP contribution in [0.2, 0.25) is 0 Å². The fourth-order valence-electron chi connectivity index (χ4n) is 0.962. The Kier molecular flexibility index (Phi) is 6.23. The molecule has 0 aliphatic carbocycles. The number of ether oxygens (including phenoxy) is 1. The quantitative estimate of drug-likeness (QED) is 0.295. The van der Waals surface area contributed by atoms with Gasteiger partial charge in [0.1, 0.15) is 0 Å². The second-order valence-electron chi connectivity index (χ2n) is 3.61. The summed E-state index contributed by atoms with van der Waals surface area (Å²) in [5, 5.41) is 0. The van der Waals surface area contributed by atoms with Crippen LogP contribution in [0.5, 0.6) is 0 Å². The van der Waals surface area contributed by atoms with E-state index >= 15 is 0 Å². The molecule has 3 N–H and O–H groups in total. The zero-order chi connectivity index (χ0) is 11.1. The van der Waals surface area contributed by atoms with Gasteiger partial charge in [0.15, 0.2) is 0 Å². The van der Waals surface area contributed by atoms with E-state index in [4.69, 9.17) is 10.6 Å². The van der Waals surface area contributed by atoms with Crippen molar-refractivity contribution in [1.29, 1.82) is 0 Å². The molecule has 0 amide bonds. The molecule has 14 heavy (non-hydrogen) atoms. The maximum absolute atomic E-state index is 5.39. The lowest BCUT2D eigenvalue weighted by atomic mass is 10.3. The lowest BCUT2D eigenvalue weighted by Gasteiger charge is -2.25. The summed E-state index contributed by atoms with van der Waals surface area (Å²) in [7, 11) is 3.61. The highest BCUT2D eigenvalue weighted by Crippen LogP contribution is 1.97. The number of rotatable bonds is 4. The van der Waals surface area contributed by atoms with Crippen LogP contribution in [0, 0.1) is 0 Å². The van der Waals surface area contributed by atoms with Gasteiger partial charge in [0.2, 0.25) is 5.96 Å². The Morgan fingerprint density at radius 3 is 2.43 bits per heavy atom. The van der Waals surface area contributed by atoms with Gasteiger partial charge >= 0.3 is 0 Å². The van der Waals surface area contributed by atoms with Crippen molar-refractivity contribution in [2.24, 2.45) is 10.8 Å². The van der Waals surface area contributed by atoms with Gasteiger partial charge < -0.3 is 9.64 Å². The number of nitrogens with two attached hydrogens (primary N) is 1. The molecule has 1 unspecified atom stereocenters. The molecule has 0 rings (SSSR count). The van der Waals surface area contributed by atoms with Crippen molar-refractivity contribution in [3.63, 3.8) is 0 Å². The molecule has 0 aliphatic rings. The molecule has 0 aromatic heterocycles. The first-order chi connectivity index (χ1) is 6.52. The second-order valence-corrected chi connectivity index (χ2v) is 3.61.